The highest BCUT2D eigenvalue weighted by Crippen LogP contribution is 2.27. The van der Waals surface area contributed by atoms with E-state index in [4.69, 9.17) is 11.0 Å². The monoisotopic (exact) mass is 429 g/mol. The van der Waals surface area contributed by atoms with Crippen LogP contribution in [0.4, 0.5) is 11.4 Å². The molecule has 108 valence electrons. The molecule has 0 aliphatic carbocycles. The van der Waals surface area contributed by atoms with Gasteiger partial charge in [-0.2, -0.15) is 5.26 Å². The summed E-state index contributed by atoms with van der Waals surface area (Å²) in [4.78, 5) is -0.0467. The molecular weight excluding hydrogens is 422 g/mol. The maximum atomic E-state index is 12.4. The number of nitrogens with two attached hydrogens (primary N) is 1. The Morgan fingerprint density at radius 1 is 1.10 bits per heavy atom. The zero-order chi connectivity index (χ0) is 15.6. The number of nitriles is 1. The zero-order valence-electron chi connectivity index (χ0n) is 10.5. The third kappa shape index (κ3) is 3.56. The van der Waals surface area contributed by atoms with Gasteiger partial charge >= 0.3 is 0 Å². The SMILES string of the molecule is N#Cc1ccc(Br)cc1NS(=O)(=O)c1ccc(Br)cc1N. The van der Waals surface area contributed by atoms with E-state index in [1.165, 1.54) is 24.3 Å². The summed E-state index contributed by atoms with van der Waals surface area (Å²) in [6.45, 7) is 0. The topological polar surface area (TPSA) is 96.0 Å². The lowest BCUT2D eigenvalue weighted by Gasteiger charge is -2.11. The molecule has 0 heterocycles. The molecule has 0 saturated carbocycles. The number of benzene rings is 2. The van der Waals surface area contributed by atoms with Gasteiger partial charge < -0.3 is 5.73 Å². The second-order valence-corrected chi connectivity index (χ2v) is 7.57. The van der Waals surface area contributed by atoms with Crippen molar-refractivity contribution in [3.63, 3.8) is 0 Å². The first-order valence-corrected chi connectivity index (χ1v) is 8.68. The Labute approximate surface area is 139 Å². The summed E-state index contributed by atoms with van der Waals surface area (Å²) in [6.07, 6.45) is 0. The first-order valence-electron chi connectivity index (χ1n) is 5.61. The van der Waals surface area contributed by atoms with Gasteiger partial charge in [0.15, 0.2) is 0 Å². The molecule has 0 aliphatic heterocycles. The van der Waals surface area contributed by atoms with Gasteiger partial charge in [0.25, 0.3) is 10.0 Å². The average Bonchev–Trinajstić information content (AvgIpc) is 2.37. The lowest BCUT2D eigenvalue weighted by Crippen LogP contribution is -2.15. The Bertz CT molecular complexity index is 845. The van der Waals surface area contributed by atoms with Crippen molar-refractivity contribution >= 4 is 53.3 Å². The van der Waals surface area contributed by atoms with Crippen LogP contribution in [-0.2, 0) is 10.0 Å². The maximum Gasteiger partial charge on any atom is 0.263 e. The van der Waals surface area contributed by atoms with E-state index in [1.807, 2.05) is 6.07 Å². The van der Waals surface area contributed by atoms with Crippen molar-refractivity contribution < 1.29 is 8.42 Å². The summed E-state index contributed by atoms with van der Waals surface area (Å²) in [5.41, 5.74) is 6.26. The minimum absolute atomic E-state index is 0.0467. The van der Waals surface area contributed by atoms with Crippen LogP contribution in [0.1, 0.15) is 5.56 Å². The van der Waals surface area contributed by atoms with Crippen molar-refractivity contribution in [1.29, 1.82) is 5.26 Å². The highest BCUT2D eigenvalue weighted by Gasteiger charge is 2.19. The van der Waals surface area contributed by atoms with E-state index in [0.717, 1.165) is 0 Å². The number of nitrogens with zero attached hydrogens (tertiary/aromatic N) is 1. The van der Waals surface area contributed by atoms with Crippen LogP contribution in [0.3, 0.4) is 0 Å². The van der Waals surface area contributed by atoms with Crippen LogP contribution in [-0.4, -0.2) is 8.42 Å². The smallest absolute Gasteiger partial charge is 0.263 e. The minimum Gasteiger partial charge on any atom is -0.398 e. The fourth-order valence-corrected chi connectivity index (χ4v) is 3.59. The largest absolute Gasteiger partial charge is 0.398 e. The van der Waals surface area contributed by atoms with Crippen molar-refractivity contribution in [1.82, 2.24) is 0 Å². The molecule has 0 aromatic heterocycles. The molecule has 0 amide bonds. The van der Waals surface area contributed by atoms with Crippen molar-refractivity contribution in [2.24, 2.45) is 0 Å². The van der Waals surface area contributed by atoms with Gasteiger partial charge in [0.1, 0.15) is 11.0 Å². The Kier molecular flexibility index (Phi) is 4.56. The average molecular weight is 431 g/mol. The molecule has 0 fully saturated rings. The summed E-state index contributed by atoms with van der Waals surface area (Å²) < 4.78 is 28.5. The predicted molar refractivity (Wildman–Crippen MR) is 88.2 cm³/mol. The van der Waals surface area contributed by atoms with Crippen molar-refractivity contribution in [3.8, 4) is 6.07 Å². The molecule has 3 N–H and O–H groups in total. The Morgan fingerprint density at radius 3 is 2.33 bits per heavy atom. The molecule has 0 unspecified atom stereocenters. The van der Waals surface area contributed by atoms with E-state index in [0.29, 0.717) is 8.95 Å². The van der Waals surface area contributed by atoms with Gasteiger partial charge in [-0.3, -0.25) is 4.72 Å². The fraction of sp³-hybridized carbons (Fsp3) is 0. The fourth-order valence-electron chi connectivity index (χ4n) is 1.66. The van der Waals surface area contributed by atoms with Gasteiger partial charge in [0.05, 0.1) is 16.9 Å². The van der Waals surface area contributed by atoms with E-state index in [9.17, 15) is 8.42 Å². The van der Waals surface area contributed by atoms with Crippen molar-refractivity contribution in [3.05, 3.63) is 50.9 Å². The second kappa shape index (κ2) is 6.05. The standard InChI is InChI=1S/C13H9Br2N3O2S/c14-9-3-4-13(11(17)5-9)21(19,20)18-12-6-10(15)2-1-8(12)7-16/h1-6,18H,17H2. The van der Waals surface area contributed by atoms with Crippen molar-refractivity contribution in [2.75, 3.05) is 10.5 Å². The molecule has 0 spiro atoms. The molecule has 2 rings (SSSR count). The van der Waals surface area contributed by atoms with Crippen LogP contribution in [0, 0.1) is 11.3 Å². The summed E-state index contributed by atoms with van der Waals surface area (Å²) in [5.74, 6) is 0. The van der Waals surface area contributed by atoms with E-state index in [2.05, 4.69) is 36.6 Å². The summed E-state index contributed by atoms with van der Waals surface area (Å²) in [6, 6.07) is 11.1. The lowest BCUT2D eigenvalue weighted by molar-refractivity contribution is 0.601. The Morgan fingerprint density at radius 2 is 1.71 bits per heavy atom. The van der Waals surface area contributed by atoms with Gasteiger partial charge in [-0.15, -0.1) is 0 Å². The van der Waals surface area contributed by atoms with Gasteiger partial charge in [-0.05, 0) is 36.4 Å². The molecule has 2 aromatic carbocycles. The van der Waals surface area contributed by atoms with Crippen LogP contribution < -0.4 is 10.5 Å². The minimum atomic E-state index is -3.88. The molecule has 5 nitrogen and oxygen atoms in total. The number of hydrogen-bond donors (Lipinski definition) is 2. The van der Waals surface area contributed by atoms with Gasteiger partial charge in [-0.1, -0.05) is 31.9 Å². The number of anilines is 2. The van der Waals surface area contributed by atoms with Crippen LogP contribution >= 0.6 is 31.9 Å². The molecule has 0 bridgehead atoms. The number of sulfonamides is 1. The summed E-state index contributed by atoms with van der Waals surface area (Å²) in [5, 5.41) is 9.04. The van der Waals surface area contributed by atoms with Crippen LogP contribution in [0.5, 0.6) is 0 Å². The number of rotatable bonds is 3. The molecule has 2 aromatic rings. The molecule has 0 radical (unpaired) electrons. The molecule has 21 heavy (non-hydrogen) atoms. The normalized spacial score (nSPS) is 10.9. The molecular formula is C13H9Br2N3O2S. The number of nitrogens with one attached hydrogen (secondary N) is 1. The third-order valence-corrected chi connectivity index (χ3v) is 5.03. The zero-order valence-corrected chi connectivity index (χ0v) is 14.5. The number of hydrogen-bond acceptors (Lipinski definition) is 4. The molecule has 0 atom stereocenters. The van der Waals surface area contributed by atoms with Crippen LogP contribution in [0.15, 0.2) is 50.2 Å². The van der Waals surface area contributed by atoms with Gasteiger partial charge in [-0.25, -0.2) is 8.42 Å². The van der Waals surface area contributed by atoms with Crippen LogP contribution in [0.25, 0.3) is 0 Å². The highest BCUT2D eigenvalue weighted by atomic mass is 79.9. The quantitative estimate of drug-likeness (QED) is 0.728. The second-order valence-electron chi connectivity index (χ2n) is 4.09. The predicted octanol–water partition coefficient (Wildman–Crippen LogP) is 3.47. The van der Waals surface area contributed by atoms with Gasteiger partial charge in [0, 0.05) is 8.95 Å². The van der Waals surface area contributed by atoms with E-state index in [-0.39, 0.29) is 21.8 Å². The lowest BCUT2D eigenvalue weighted by atomic mass is 10.2. The highest BCUT2D eigenvalue weighted by molar-refractivity contribution is 9.10. The summed E-state index contributed by atoms with van der Waals surface area (Å²) >= 11 is 6.46. The third-order valence-electron chi connectivity index (χ3n) is 2.61. The first-order chi connectivity index (χ1) is 9.83. The number of halogens is 2. The van der Waals surface area contributed by atoms with Crippen molar-refractivity contribution in [2.45, 2.75) is 4.90 Å². The first kappa shape index (κ1) is 15.8. The van der Waals surface area contributed by atoms with E-state index < -0.39 is 10.0 Å². The number of nitrogen functional groups attached to an aromatic ring is 1. The molecule has 8 heteroatoms. The van der Waals surface area contributed by atoms with E-state index >= 15 is 0 Å². The summed E-state index contributed by atoms with van der Waals surface area (Å²) in [7, 11) is -3.88. The van der Waals surface area contributed by atoms with E-state index in [1.54, 1.807) is 12.1 Å². The Balaban J connectivity index is 2.47. The molecule has 0 saturated heterocycles. The maximum absolute atomic E-state index is 12.4. The van der Waals surface area contributed by atoms with Gasteiger partial charge in [0.2, 0.25) is 0 Å². The van der Waals surface area contributed by atoms with Crippen LogP contribution in [0.2, 0.25) is 0 Å². The molecule has 0 aliphatic rings. The Hall–Kier alpha value is -1.56.